The molecule has 7 nitrogen and oxygen atoms in total. The van der Waals surface area contributed by atoms with Crippen LogP contribution in [0.5, 0.6) is 0 Å². The molecule has 27 heavy (non-hydrogen) atoms. The Balaban J connectivity index is 1.36. The maximum absolute atomic E-state index is 6.61. The minimum Gasteiger partial charge on any atom is -0.368 e. The summed E-state index contributed by atoms with van der Waals surface area (Å²) in [5.41, 5.74) is 10.8. The second-order valence-corrected chi connectivity index (χ2v) is 6.64. The van der Waals surface area contributed by atoms with E-state index in [9.17, 15) is 0 Å². The predicted octanol–water partition coefficient (Wildman–Crippen LogP) is 2.42. The predicted molar refractivity (Wildman–Crippen MR) is 107 cm³/mol. The van der Waals surface area contributed by atoms with E-state index < -0.39 is 5.79 Å². The van der Waals surface area contributed by atoms with Crippen molar-refractivity contribution in [2.24, 2.45) is 10.7 Å². The molecule has 0 saturated heterocycles. The summed E-state index contributed by atoms with van der Waals surface area (Å²) in [6.45, 7) is 0.665. The molecule has 2 aromatic carbocycles. The molecule has 5 rings (SSSR count). The van der Waals surface area contributed by atoms with Crippen molar-refractivity contribution >= 4 is 28.0 Å². The molecule has 0 amide bonds. The smallest absolute Gasteiger partial charge is 0.210 e. The molecule has 2 aromatic heterocycles. The van der Waals surface area contributed by atoms with E-state index in [4.69, 9.17) is 5.73 Å². The monoisotopic (exact) mass is 357 g/mol. The van der Waals surface area contributed by atoms with Gasteiger partial charge in [-0.05, 0) is 35.9 Å². The summed E-state index contributed by atoms with van der Waals surface area (Å²) in [5.74, 6) is -0.194. The van der Waals surface area contributed by atoms with Crippen molar-refractivity contribution < 1.29 is 0 Å². The first kappa shape index (κ1) is 15.7. The van der Waals surface area contributed by atoms with Crippen LogP contribution in [-0.4, -0.2) is 21.4 Å². The van der Waals surface area contributed by atoms with Gasteiger partial charge in [-0.25, -0.2) is 4.99 Å². The molecule has 1 unspecified atom stereocenters. The molecule has 1 atom stereocenters. The Bertz CT molecular complexity index is 1180. The maximum atomic E-state index is 6.61. The number of nitrogens with two attached hydrogens (primary N) is 1. The second-order valence-electron chi connectivity index (χ2n) is 6.64. The highest BCUT2D eigenvalue weighted by Gasteiger charge is 2.30. The van der Waals surface area contributed by atoms with Crippen molar-refractivity contribution in [3.05, 3.63) is 77.9 Å². The van der Waals surface area contributed by atoms with Crippen molar-refractivity contribution in [1.82, 2.24) is 25.8 Å². The van der Waals surface area contributed by atoms with Gasteiger partial charge in [-0.3, -0.25) is 10.8 Å². The van der Waals surface area contributed by atoms with Crippen LogP contribution in [0.2, 0.25) is 0 Å². The van der Waals surface area contributed by atoms with Crippen LogP contribution < -0.4 is 16.4 Å². The molecule has 1 aliphatic rings. The number of aliphatic imine (C=N–C) groups is 1. The number of fused-ring (bicyclic) bond motifs is 2. The molecule has 0 saturated carbocycles. The lowest BCUT2D eigenvalue weighted by atomic mass is 10.0. The third-order valence-corrected chi connectivity index (χ3v) is 4.84. The normalized spacial score (nSPS) is 19.2. The van der Waals surface area contributed by atoms with Crippen LogP contribution in [0.4, 0.5) is 0 Å². The van der Waals surface area contributed by atoms with Crippen LogP contribution in [-0.2, 0) is 12.3 Å². The molecule has 0 aliphatic carbocycles. The fourth-order valence-electron chi connectivity index (χ4n) is 3.47. The zero-order chi connectivity index (χ0) is 18.3. The van der Waals surface area contributed by atoms with E-state index in [-0.39, 0.29) is 0 Å². The number of nitrogens with zero attached hydrogens (tertiary/aromatic N) is 2. The van der Waals surface area contributed by atoms with E-state index in [0.29, 0.717) is 6.54 Å². The fraction of sp³-hybridized carbons (Fsp3) is 0.100. The molecular weight excluding hydrogens is 338 g/mol. The van der Waals surface area contributed by atoms with Crippen LogP contribution in [0.3, 0.4) is 0 Å². The van der Waals surface area contributed by atoms with E-state index in [2.05, 4.69) is 42.9 Å². The number of nitrogens with one attached hydrogen (secondary N) is 4. The van der Waals surface area contributed by atoms with Crippen LogP contribution in [0.15, 0.2) is 71.7 Å². The number of hydrogen-bond acceptors (Lipinski definition) is 5. The summed E-state index contributed by atoms with van der Waals surface area (Å²) in [4.78, 5) is 7.71. The number of allylic oxidation sites excluding steroid dienone is 1. The summed E-state index contributed by atoms with van der Waals surface area (Å²) < 4.78 is 0. The van der Waals surface area contributed by atoms with Crippen molar-refractivity contribution in [2.75, 3.05) is 0 Å². The molecule has 134 valence electrons. The van der Waals surface area contributed by atoms with Gasteiger partial charge in [0.1, 0.15) is 5.82 Å². The van der Waals surface area contributed by atoms with Gasteiger partial charge in [-0.2, -0.15) is 5.10 Å². The van der Waals surface area contributed by atoms with Crippen LogP contribution in [0, 0.1) is 0 Å². The maximum Gasteiger partial charge on any atom is 0.210 e. The Kier molecular flexibility index (Phi) is 3.48. The van der Waals surface area contributed by atoms with Crippen LogP contribution in [0.25, 0.3) is 21.8 Å². The van der Waals surface area contributed by atoms with E-state index in [1.807, 2.05) is 48.8 Å². The van der Waals surface area contributed by atoms with Crippen LogP contribution in [0.1, 0.15) is 11.1 Å². The summed E-state index contributed by atoms with van der Waals surface area (Å²) in [6, 6.07) is 14.2. The van der Waals surface area contributed by atoms with E-state index in [1.54, 1.807) is 6.21 Å². The van der Waals surface area contributed by atoms with Gasteiger partial charge >= 0.3 is 0 Å². The molecular formula is C20H19N7. The zero-order valence-corrected chi connectivity index (χ0v) is 14.5. The van der Waals surface area contributed by atoms with Crippen molar-refractivity contribution in [1.29, 1.82) is 0 Å². The first-order valence-electron chi connectivity index (χ1n) is 8.76. The highest BCUT2D eigenvalue weighted by Crippen LogP contribution is 2.27. The number of benzene rings is 2. The number of aromatic nitrogens is 3. The topological polar surface area (TPSA) is 107 Å². The van der Waals surface area contributed by atoms with Gasteiger partial charge in [0.05, 0.1) is 11.7 Å². The van der Waals surface area contributed by atoms with Gasteiger partial charge in [0.2, 0.25) is 5.79 Å². The number of H-pyrrole nitrogens is 2. The molecule has 1 aliphatic heterocycles. The molecule has 0 fully saturated rings. The summed E-state index contributed by atoms with van der Waals surface area (Å²) in [6.07, 6.45) is 7.36. The highest BCUT2D eigenvalue weighted by atomic mass is 15.3. The van der Waals surface area contributed by atoms with Crippen molar-refractivity contribution in [3.63, 3.8) is 0 Å². The first-order chi connectivity index (χ1) is 13.2. The average molecular weight is 357 g/mol. The van der Waals surface area contributed by atoms with Gasteiger partial charge < -0.3 is 15.6 Å². The van der Waals surface area contributed by atoms with Crippen molar-refractivity contribution in [2.45, 2.75) is 12.3 Å². The third kappa shape index (κ3) is 2.74. The highest BCUT2D eigenvalue weighted by molar-refractivity contribution is 5.85. The Labute approximate surface area is 155 Å². The Morgan fingerprint density at radius 3 is 3.04 bits per heavy atom. The van der Waals surface area contributed by atoms with E-state index in [1.165, 1.54) is 0 Å². The van der Waals surface area contributed by atoms with Crippen LogP contribution >= 0.6 is 0 Å². The molecule has 0 spiro atoms. The average Bonchev–Trinajstić information content (AvgIpc) is 3.34. The zero-order valence-electron chi connectivity index (χ0n) is 14.5. The summed E-state index contributed by atoms with van der Waals surface area (Å²) >= 11 is 0. The largest absolute Gasteiger partial charge is 0.368 e. The molecule has 0 radical (unpaired) electrons. The van der Waals surface area contributed by atoms with Gasteiger partial charge in [-0.1, -0.05) is 18.2 Å². The van der Waals surface area contributed by atoms with Gasteiger partial charge in [-0.15, -0.1) is 0 Å². The standard InChI is InChI=1S/C20H19N7/c21-20(16-2-1-3-18-15(16)6-8-22-18)24-9-7-19(26-20)23-11-13-4-5-17-14(10-13)12-25-27-17/h1-10,12,22-23,26H,11,21H2,(H,25,27). The lowest BCUT2D eigenvalue weighted by Gasteiger charge is -2.32. The van der Waals surface area contributed by atoms with Gasteiger partial charge in [0.25, 0.3) is 0 Å². The quantitative estimate of drug-likeness (QED) is 0.387. The molecule has 3 heterocycles. The number of hydrogen-bond donors (Lipinski definition) is 5. The SMILES string of the molecule is NC1(c2cccc3[nH]ccc23)N=CC=C(NCc2ccc3[nH]ncc3c2)N1. The lowest BCUT2D eigenvalue weighted by molar-refractivity contribution is 0.384. The number of aromatic amines is 2. The summed E-state index contributed by atoms with van der Waals surface area (Å²) in [5, 5.41) is 15.9. The fourth-order valence-corrected chi connectivity index (χ4v) is 3.47. The van der Waals surface area contributed by atoms with E-state index in [0.717, 1.165) is 38.8 Å². The molecule has 4 aromatic rings. The third-order valence-electron chi connectivity index (χ3n) is 4.84. The minimum absolute atomic E-state index is 0.665. The lowest BCUT2D eigenvalue weighted by Crippen LogP contribution is -2.52. The first-order valence-corrected chi connectivity index (χ1v) is 8.76. The second kappa shape index (κ2) is 6.00. The van der Waals surface area contributed by atoms with Gasteiger partial charge in [0, 0.05) is 40.8 Å². The Morgan fingerprint density at radius 1 is 1.11 bits per heavy atom. The minimum atomic E-state index is -1.02. The number of rotatable bonds is 4. The molecule has 7 heteroatoms. The molecule has 6 N–H and O–H groups in total. The summed E-state index contributed by atoms with van der Waals surface area (Å²) in [7, 11) is 0. The van der Waals surface area contributed by atoms with Crippen molar-refractivity contribution in [3.8, 4) is 0 Å². The van der Waals surface area contributed by atoms with E-state index >= 15 is 0 Å². The van der Waals surface area contributed by atoms with Gasteiger partial charge in [0.15, 0.2) is 0 Å². The Morgan fingerprint density at radius 2 is 2.07 bits per heavy atom. The Hall–Kier alpha value is -3.58. The molecule has 0 bridgehead atoms.